The zero-order chi connectivity index (χ0) is 25.2. The summed E-state index contributed by atoms with van der Waals surface area (Å²) in [6, 6.07) is 10.2. The quantitative estimate of drug-likeness (QED) is 0.173. The van der Waals surface area contributed by atoms with E-state index in [9.17, 15) is 18.5 Å². The van der Waals surface area contributed by atoms with Crippen molar-refractivity contribution < 1.29 is 18.1 Å². The van der Waals surface area contributed by atoms with Gasteiger partial charge in [-0.3, -0.25) is 14.8 Å². The number of benzene rings is 3. The zero-order valence-electron chi connectivity index (χ0n) is 16.3. The fourth-order valence-corrected chi connectivity index (χ4v) is 5.11. The van der Waals surface area contributed by atoms with Crippen LogP contribution in [0.2, 0.25) is 25.1 Å². The summed E-state index contributed by atoms with van der Waals surface area (Å²) in [4.78, 5) is 9.92. The SMILES string of the molecule is O=[N+]([O-])c1ccc(Oc2c(Cl)cc(S(=O)(=O)NC(=S)Nc3ccc(Cl)c(Cl)c3)cc2Cl)c(Cl)c1. The Hall–Kier alpha value is -2.05. The van der Waals surface area contributed by atoms with Crippen molar-refractivity contribution in [3.63, 3.8) is 0 Å². The number of hydrogen-bond donors (Lipinski definition) is 2. The Morgan fingerprint density at radius 2 is 1.53 bits per heavy atom. The van der Waals surface area contributed by atoms with Crippen molar-refractivity contribution in [2.24, 2.45) is 0 Å². The van der Waals surface area contributed by atoms with Gasteiger partial charge in [-0.05, 0) is 48.6 Å². The minimum Gasteiger partial charge on any atom is -0.453 e. The normalized spacial score (nSPS) is 11.1. The van der Waals surface area contributed by atoms with Crippen molar-refractivity contribution in [2.45, 2.75) is 4.90 Å². The fourth-order valence-electron chi connectivity index (χ4n) is 2.50. The van der Waals surface area contributed by atoms with Crippen LogP contribution in [0.1, 0.15) is 0 Å². The molecule has 0 unspecified atom stereocenters. The molecule has 0 aliphatic carbocycles. The van der Waals surface area contributed by atoms with Crippen LogP contribution in [0.25, 0.3) is 0 Å². The molecule has 0 aliphatic heterocycles. The molecule has 3 aromatic rings. The first-order valence-corrected chi connectivity index (χ1v) is 12.5. The van der Waals surface area contributed by atoms with Gasteiger partial charge in [0, 0.05) is 17.8 Å². The maximum atomic E-state index is 12.8. The zero-order valence-corrected chi connectivity index (χ0v) is 21.7. The summed E-state index contributed by atoms with van der Waals surface area (Å²) in [6.07, 6.45) is 0. The summed E-state index contributed by atoms with van der Waals surface area (Å²) in [5.41, 5.74) is 0.161. The van der Waals surface area contributed by atoms with Crippen molar-refractivity contribution in [1.29, 1.82) is 0 Å². The molecule has 8 nitrogen and oxygen atoms in total. The van der Waals surface area contributed by atoms with Gasteiger partial charge in [0.2, 0.25) is 0 Å². The summed E-state index contributed by atoms with van der Waals surface area (Å²) in [6.45, 7) is 0. The third-order valence-electron chi connectivity index (χ3n) is 4.02. The number of nitrogens with one attached hydrogen (secondary N) is 2. The van der Waals surface area contributed by atoms with Gasteiger partial charge in [0.05, 0.1) is 34.9 Å². The van der Waals surface area contributed by atoms with Crippen LogP contribution in [0.15, 0.2) is 53.4 Å². The number of sulfonamides is 1. The molecule has 178 valence electrons. The van der Waals surface area contributed by atoms with E-state index in [4.69, 9.17) is 75.0 Å². The highest BCUT2D eigenvalue weighted by molar-refractivity contribution is 7.92. The van der Waals surface area contributed by atoms with Crippen LogP contribution >= 0.6 is 70.2 Å². The predicted molar refractivity (Wildman–Crippen MR) is 138 cm³/mol. The lowest BCUT2D eigenvalue weighted by Gasteiger charge is -2.14. The Balaban J connectivity index is 1.80. The van der Waals surface area contributed by atoms with E-state index in [1.807, 2.05) is 0 Å². The van der Waals surface area contributed by atoms with Gasteiger partial charge in [-0.25, -0.2) is 8.42 Å². The summed E-state index contributed by atoms with van der Waals surface area (Å²) in [5, 5.41) is 13.4. The van der Waals surface area contributed by atoms with Gasteiger partial charge in [0.25, 0.3) is 15.7 Å². The largest absolute Gasteiger partial charge is 0.453 e. The second-order valence-electron chi connectivity index (χ2n) is 6.38. The molecule has 0 radical (unpaired) electrons. The second-order valence-corrected chi connectivity index (χ2v) is 10.5. The second kappa shape index (κ2) is 10.7. The minimum atomic E-state index is -4.19. The van der Waals surface area contributed by atoms with Crippen LogP contribution in [0, 0.1) is 10.1 Å². The molecule has 0 aromatic heterocycles. The third kappa shape index (κ3) is 6.33. The highest BCUT2D eigenvalue weighted by Crippen LogP contribution is 2.41. The van der Waals surface area contributed by atoms with E-state index >= 15 is 0 Å². The van der Waals surface area contributed by atoms with E-state index in [-0.39, 0.29) is 47.3 Å². The van der Waals surface area contributed by atoms with E-state index in [1.54, 1.807) is 6.07 Å². The number of rotatable bonds is 6. The Morgan fingerprint density at radius 3 is 2.09 bits per heavy atom. The van der Waals surface area contributed by atoms with Crippen LogP contribution in [-0.2, 0) is 10.0 Å². The van der Waals surface area contributed by atoms with Crippen LogP contribution in [0.3, 0.4) is 0 Å². The first-order chi connectivity index (χ1) is 15.9. The topological polar surface area (TPSA) is 111 Å². The summed E-state index contributed by atoms with van der Waals surface area (Å²) in [7, 11) is -4.19. The lowest BCUT2D eigenvalue weighted by atomic mass is 10.3. The molecule has 34 heavy (non-hydrogen) atoms. The number of thiocarbonyl (C=S) groups is 1. The summed E-state index contributed by atoms with van der Waals surface area (Å²) in [5.74, 6) is -0.0775. The van der Waals surface area contributed by atoms with Gasteiger partial charge in [-0.1, -0.05) is 58.0 Å². The van der Waals surface area contributed by atoms with Gasteiger partial charge in [-0.15, -0.1) is 0 Å². The number of anilines is 1. The molecule has 15 heteroatoms. The fraction of sp³-hybridized carbons (Fsp3) is 0. The van der Waals surface area contributed by atoms with Gasteiger partial charge in [0.15, 0.2) is 10.9 Å². The Kier molecular flexibility index (Phi) is 8.35. The Labute approximate surface area is 223 Å². The molecule has 0 bridgehead atoms. The van der Waals surface area contributed by atoms with Gasteiger partial charge in [0.1, 0.15) is 5.75 Å². The summed E-state index contributed by atoms with van der Waals surface area (Å²) < 4.78 is 33.2. The monoisotopic (exact) mass is 599 g/mol. The maximum absolute atomic E-state index is 12.8. The molecule has 0 saturated carbocycles. The molecule has 0 fully saturated rings. The molecule has 0 aliphatic rings. The molecule has 0 heterocycles. The Bertz CT molecular complexity index is 1400. The van der Waals surface area contributed by atoms with Crippen LogP contribution < -0.4 is 14.8 Å². The maximum Gasteiger partial charge on any atom is 0.271 e. The number of ether oxygens (including phenoxy) is 1. The summed E-state index contributed by atoms with van der Waals surface area (Å²) >= 11 is 35.2. The molecule has 0 spiro atoms. The molecule has 0 saturated heterocycles. The Morgan fingerprint density at radius 1 is 0.882 bits per heavy atom. The number of nitro groups is 1. The van der Waals surface area contributed by atoms with Crippen molar-refractivity contribution in [3.05, 3.63) is 83.8 Å². The van der Waals surface area contributed by atoms with Crippen molar-refractivity contribution in [1.82, 2.24) is 4.72 Å². The van der Waals surface area contributed by atoms with Crippen LogP contribution in [-0.4, -0.2) is 18.5 Å². The third-order valence-corrected chi connectivity index (χ3v) is 7.28. The predicted octanol–water partition coefficient (Wildman–Crippen LogP) is 7.33. The first kappa shape index (κ1) is 26.6. The van der Waals surface area contributed by atoms with Crippen molar-refractivity contribution in [2.75, 3.05) is 5.32 Å². The lowest BCUT2D eigenvalue weighted by molar-refractivity contribution is -0.384. The van der Waals surface area contributed by atoms with E-state index < -0.39 is 14.9 Å². The van der Waals surface area contributed by atoms with Crippen molar-refractivity contribution in [3.8, 4) is 11.5 Å². The smallest absolute Gasteiger partial charge is 0.271 e. The molecule has 3 rings (SSSR count). The molecular formula is C19H10Cl5N3O5S2. The average molecular weight is 602 g/mol. The number of nitro benzene ring substituents is 1. The van der Waals surface area contributed by atoms with E-state index in [0.717, 1.165) is 18.2 Å². The van der Waals surface area contributed by atoms with Gasteiger partial charge >= 0.3 is 0 Å². The lowest BCUT2D eigenvalue weighted by Crippen LogP contribution is -2.34. The molecule has 0 amide bonds. The number of halogens is 5. The number of non-ortho nitro benzene ring substituents is 1. The highest BCUT2D eigenvalue weighted by atomic mass is 35.5. The molecular weight excluding hydrogens is 592 g/mol. The van der Waals surface area contributed by atoms with Crippen LogP contribution in [0.5, 0.6) is 11.5 Å². The first-order valence-electron chi connectivity index (χ1n) is 8.77. The molecule has 2 N–H and O–H groups in total. The highest BCUT2D eigenvalue weighted by Gasteiger charge is 2.22. The van der Waals surface area contributed by atoms with Gasteiger partial charge in [-0.2, -0.15) is 0 Å². The standard InChI is InChI=1S/C19H10Cl5N3O5S2/c20-12-3-1-9(5-13(12)21)25-19(33)26-34(30,31)11-7-15(23)18(16(24)8-11)32-17-4-2-10(27(28)29)6-14(17)22/h1-8H,(H2,25,26,33). The van der Waals surface area contributed by atoms with E-state index in [0.29, 0.717) is 10.7 Å². The van der Waals surface area contributed by atoms with Crippen molar-refractivity contribution >= 4 is 96.7 Å². The van der Waals surface area contributed by atoms with E-state index in [1.165, 1.54) is 24.3 Å². The van der Waals surface area contributed by atoms with E-state index in [2.05, 4.69) is 10.0 Å². The van der Waals surface area contributed by atoms with Crippen LogP contribution in [0.4, 0.5) is 11.4 Å². The minimum absolute atomic E-state index is 0.0248. The van der Waals surface area contributed by atoms with Gasteiger partial charge < -0.3 is 10.1 Å². The average Bonchev–Trinajstić information content (AvgIpc) is 2.73. The molecule has 3 aromatic carbocycles. The number of nitrogens with zero attached hydrogens (tertiary/aromatic N) is 1. The number of hydrogen-bond acceptors (Lipinski definition) is 6. The molecule has 0 atom stereocenters.